The molecule has 0 bridgehead atoms. The second-order valence-electron chi connectivity index (χ2n) is 4.93. The second-order valence-corrected chi connectivity index (χ2v) is 4.93. The number of carbonyl (C=O) groups is 2. The van der Waals surface area contributed by atoms with Gasteiger partial charge >= 0.3 is 0 Å². The topological polar surface area (TPSA) is 52.6 Å². The van der Waals surface area contributed by atoms with E-state index in [2.05, 4.69) is 6.58 Å². The van der Waals surface area contributed by atoms with Crippen molar-refractivity contribution in [2.75, 3.05) is 14.2 Å². The number of rotatable bonds is 8. The van der Waals surface area contributed by atoms with Crippen LogP contribution in [0.2, 0.25) is 0 Å². The maximum atomic E-state index is 12.8. The van der Waals surface area contributed by atoms with Gasteiger partial charge in [0.25, 0.3) is 0 Å². The summed E-state index contributed by atoms with van der Waals surface area (Å²) in [5.74, 6) is 0.703. The molecule has 4 nitrogen and oxygen atoms in total. The van der Waals surface area contributed by atoms with E-state index in [4.69, 9.17) is 9.47 Å². The Kier molecular flexibility index (Phi) is 7.00. The monoisotopic (exact) mass is 314 g/mol. The smallest absolute Gasteiger partial charge is 0.193 e. The molecular weight excluding hydrogens is 292 g/mol. The van der Waals surface area contributed by atoms with Gasteiger partial charge in [0.2, 0.25) is 0 Å². The van der Waals surface area contributed by atoms with E-state index in [9.17, 15) is 9.59 Å². The minimum atomic E-state index is -0.194. The van der Waals surface area contributed by atoms with Gasteiger partial charge in [0, 0.05) is 17.6 Å². The summed E-state index contributed by atoms with van der Waals surface area (Å²) < 4.78 is 10.5. The summed E-state index contributed by atoms with van der Waals surface area (Å²) in [5, 5.41) is 0. The van der Waals surface area contributed by atoms with Gasteiger partial charge in [0.05, 0.1) is 14.2 Å². The first-order valence-electron chi connectivity index (χ1n) is 7.22. The molecular formula is C19H22O4. The number of Topliss-reactive ketones (excluding diaryl/α,β-unsaturated/α-hetero) is 2. The Morgan fingerprint density at radius 2 is 1.78 bits per heavy atom. The molecule has 0 unspecified atom stereocenters. The Balaban J connectivity index is 3.52. The van der Waals surface area contributed by atoms with Crippen molar-refractivity contribution in [1.29, 1.82) is 0 Å². The van der Waals surface area contributed by atoms with Crippen LogP contribution in [0.25, 0.3) is 0 Å². The third-order valence-electron chi connectivity index (χ3n) is 3.20. The number of carbonyl (C=O) groups excluding carboxylic acids is 2. The summed E-state index contributed by atoms with van der Waals surface area (Å²) >= 11 is 0. The number of methoxy groups -OCH3 is 2. The summed E-state index contributed by atoms with van der Waals surface area (Å²) in [4.78, 5) is 24.4. The molecule has 0 fully saturated rings. The third kappa shape index (κ3) is 4.68. The molecule has 0 aliphatic heterocycles. The van der Waals surface area contributed by atoms with E-state index >= 15 is 0 Å². The van der Waals surface area contributed by atoms with Crippen molar-refractivity contribution in [3.63, 3.8) is 0 Å². The van der Waals surface area contributed by atoms with Crippen LogP contribution in [0.1, 0.15) is 29.8 Å². The Hall–Kier alpha value is -2.62. The van der Waals surface area contributed by atoms with Crippen molar-refractivity contribution < 1.29 is 19.1 Å². The zero-order valence-corrected chi connectivity index (χ0v) is 14.0. The van der Waals surface area contributed by atoms with Crippen molar-refractivity contribution in [3.05, 3.63) is 59.7 Å². The van der Waals surface area contributed by atoms with Gasteiger partial charge in [-0.1, -0.05) is 30.9 Å². The van der Waals surface area contributed by atoms with Gasteiger partial charge in [-0.2, -0.15) is 0 Å². The lowest BCUT2D eigenvalue weighted by Crippen LogP contribution is -2.10. The highest BCUT2D eigenvalue weighted by atomic mass is 16.5. The van der Waals surface area contributed by atoms with Crippen LogP contribution in [0.4, 0.5) is 0 Å². The predicted octanol–water partition coefficient (Wildman–Crippen LogP) is 3.71. The van der Waals surface area contributed by atoms with E-state index in [1.807, 2.05) is 6.92 Å². The minimum Gasteiger partial charge on any atom is -0.493 e. The summed E-state index contributed by atoms with van der Waals surface area (Å²) in [6, 6.07) is 3.29. The maximum absolute atomic E-state index is 12.8. The molecule has 0 amide bonds. The van der Waals surface area contributed by atoms with Gasteiger partial charge in [-0.25, -0.2) is 0 Å². The maximum Gasteiger partial charge on any atom is 0.193 e. The van der Waals surface area contributed by atoms with E-state index in [0.717, 1.165) is 0 Å². The van der Waals surface area contributed by atoms with E-state index in [1.165, 1.54) is 21.1 Å². The zero-order chi connectivity index (χ0) is 17.4. The summed E-state index contributed by atoms with van der Waals surface area (Å²) in [5.41, 5.74) is 1.52. The molecule has 1 aromatic rings. The number of ether oxygens (including phenoxy) is 2. The largest absolute Gasteiger partial charge is 0.493 e. The van der Waals surface area contributed by atoms with E-state index in [1.54, 1.807) is 36.4 Å². The van der Waals surface area contributed by atoms with Gasteiger partial charge in [-0.15, -0.1) is 0 Å². The number of benzene rings is 1. The lowest BCUT2D eigenvalue weighted by atomic mass is 9.94. The Morgan fingerprint density at radius 1 is 1.17 bits per heavy atom. The van der Waals surface area contributed by atoms with Crippen molar-refractivity contribution in [1.82, 2.24) is 0 Å². The molecule has 0 saturated carbocycles. The highest BCUT2D eigenvalue weighted by molar-refractivity contribution is 6.12. The van der Waals surface area contributed by atoms with Crippen molar-refractivity contribution in [3.8, 4) is 11.5 Å². The first-order valence-corrected chi connectivity index (χ1v) is 7.22. The molecule has 0 radical (unpaired) electrons. The Bertz CT molecular complexity index is 666. The van der Waals surface area contributed by atoms with Crippen molar-refractivity contribution in [2.45, 2.75) is 20.3 Å². The molecule has 1 aromatic carbocycles. The molecule has 0 aliphatic rings. The van der Waals surface area contributed by atoms with Crippen LogP contribution < -0.4 is 9.47 Å². The van der Waals surface area contributed by atoms with Gasteiger partial charge in [-0.3, -0.25) is 9.59 Å². The lowest BCUT2D eigenvalue weighted by Gasteiger charge is -2.14. The third-order valence-corrected chi connectivity index (χ3v) is 3.20. The molecule has 1 rings (SSSR count). The van der Waals surface area contributed by atoms with Crippen LogP contribution in [-0.4, -0.2) is 25.8 Å². The molecule has 0 atom stereocenters. The van der Waals surface area contributed by atoms with E-state index < -0.39 is 0 Å². The van der Waals surface area contributed by atoms with Gasteiger partial charge < -0.3 is 9.47 Å². The first kappa shape index (κ1) is 18.4. The van der Waals surface area contributed by atoms with Crippen LogP contribution in [0.3, 0.4) is 0 Å². The molecule has 0 saturated heterocycles. The Morgan fingerprint density at radius 3 is 2.26 bits per heavy atom. The normalized spacial score (nSPS) is 11.4. The van der Waals surface area contributed by atoms with Gasteiger partial charge in [0.1, 0.15) is 5.78 Å². The molecule has 23 heavy (non-hydrogen) atoms. The number of hydrogen-bond donors (Lipinski definition) is 0. The molecule has 4 heteroatoms. The summed E-state index contributed by atoms with van der Waals surface area (Å²) in [6.45, 7) is 6.94. The predicted molar refractivity (Wildman–Crippen MR) is 91.4 cm³/mol. The first-order chi connectivity index (χ1) is 11.0. The molecule has 122 valence electrons. The standard InChI is InChI=1S/C19H22O4/c1-6-8-14(9-7-2)19(21)16-12-18(23-5)17(22-4)11-15(16)10-13(3)20/h6-9,11-12H,1,10H2,2-5H3/b9-7-,14-8+. The average Bonchev–Trinajstić information content (AvgIpc) is 2.53. The van der Waals surface area contributed by atoms with Crippen LogP contribution in [0, 0.1) is 0 Å². The highest BCUT2D eigenvalue weighted by Gasteiger charge is 2.19. The Labute approximate surface area is 137 Å². The average molecular weight is 314 g/mol. The van der Waals surface area contributed by atoms with Crippen molar-refractivity contribution in [2.24, 2.45) is 0 Å². The van der Waals surface area contributed by atoms with E-state index in [0.29, 0.717) is 28.2 Å². The SMILES string of the molecule is C=C/C=C(\C=C/C)C(=O)c1cc(OC)c(OC)cc1CC(C)=O. The summed E-state index contributed by atoms with van der Waals surface area (Å²) in [6.07, 6.45) is 6.82. The van der Waals surface area contributed by atoms with Crippen LogP contribution in [0.5, 0.6) is 11.5 Å². The number of hydrogen-bond acceptors (Lipinski definition) is 4. The van der Waals surface area contributed by atoms with Crippen molar-refractivity contribution >= 4 is 11.6 Å². The van der Waals surface area contributed by atoms with E-state index in [-0.39, 0.29) is 18.0 Å². The lowest BCUT2D eigenvalue weighted by molar-refractivity contribution is -0.116. The number of allylic oxidation sites excluding steroid dienone is 5. The molecule has 0 heterocycles. The number of ketones is 2. The summed E-state index contributed by atoms with van der Waals surface area (Å²) in [7, 11) is 3.02. The van der Waals surface area contributed by atoms with Crippen LogP contribution in [-0.2, 0) is 11.2 Å². The quantitative estimate of drug-likeness (QED) is 0.417. The van der Waals surface area contributed by atoms with Gasteiger partial charge in [0.15, 0.2) is 17.3 Å². The fourth-order valence-electron chi connectivity index (χ4n) is 2.22. The molecule has 0 spiro atoms. The second kappa shape index (κ2) is 8.73. The zero-order valence-electron chi connectivity index (χ0n) is 14.0. The molecule has 0 N–H and O–H groups in total. The highest BCUT2D eigenvalue weighted by Crippen LogP contribution is 2.32. The minimum absolute atomic E-state index is 0.0356. The fourth-order valence-corrected chi connectivity index (χ4v) is 2.22. The molecule has 0 aromatic heterocycles. The van der Waals surface area contributed by atoms with Gasteiger partial charge in [-0.05, 0) is 31.5 Å². The fraction of sp³-hybridized carbons (Fsp3) is 0.263. The molecule has 0 aliphatic carbocycles. The van der Waals surface area contributed by atoms with Crippen LogP contribution >= 0.6 is 0 Å². The van der Waals surface area contributed by atoms with Crippen LogP contribution in [0.15, 0.2) is 48.6 Å².